The molecule has 4 heteroatoms. The molecule has 19 heavy (non-hydrogen) atoms. The molecule has 1 atom stereocenters. The van der Waals surface area contributed by atoms with Gasteiger partial charge in [0.05, 0.1) is 13.3 Å². The first-order valence-corrected chi connectivity index (χ1v) is 6.67. The zero-order chi connectivity index (χ0) is 13.1. The highest BCUT2D eigenvalue weighted by Crippen LogP contribution is 2.28. The van der Waals surface area contributed by atoms with Gasteiger partial charge >= 0.3 is 0 Å². The van der Waals surface area contributed by atoms with E-state index in [1.54, 1.807) is 7.11 Å². The van der Waals surface area contributed by atoms with Gasteiger partial charge in [-0.05, 0) is 43.7 Å². The second-order valence-electron chi connectivity index (χ2n) is 4.84. The molecule has 0 amide bonds. The monoisotopic (exact) mass is 258 g/mol. The molecule has 1 aromatic heterocycles. The Morgan fingerprint density at radius 1 is 1.32 bits per heavy atom. The molecule has 0 bridgehead atoms. The summed E-state index contributed by atoms with van der Waals surface area (Å²) in [7, 11) is 1.66. The average Bonchev–Trinajstić information content (AvgIpc) is 2.98. The van der Waals surface area contributed by atoms with E-state index in [9.17, 15) is 0 Å². The first-order valence-electron chi connectivity index (χ1n) is 6.67. The first-order chi connectivity index (χ1) is 9.36. The van der Waals surface area contributed by atoms with E-state index in [0.29, 0.717) is 11.8 Å². The quantitative estimate of drug-likeness (QED) is 0.919. The summed E-state index contributed by atoms with van der Waals surface area (Å²) in [6, 6.07) is 7.77. The Kier molecular flexibility index (Phi) is 3.51. The lowest BCUT2D eigenvalue weighted by Crippen LogP contribution is -2.28. The normalized spacial score (nSPS) is 19.3. The predicted octanol–water partition coefficient (Wildman–Crippen LogP) is 2.82. The summed E-state index contributed by atoms with van der Waals surface area (Å²) in [5.41, 5.74) is 0.982. The first kappa shape index (κ1) is 12.2. The molecule has 1 fully saturated rings. The zero-order valence-electron chi connectivity index (χ0n) is 11.1. The summed E-state index contributed by atoms with van der Waals surface area (Å²) in [6.07, 6.45) is 4.23. The van der Waals surface area contributed by atoms with Gasteiger partial charge in [-0.1, -0.05) is 0 Å². The van der Waals surface area contributed by atoms with Crippen molar-refractivity contribution >= 4 is 0 Å². The summed E-state index contributed by atoms with van der Waals surface area (Å²) in [4.78, 5) is 4.38. The summed E-state index contributed by atoms with van der Waals surface area (Å²) < 4.78 is 11.0. The van der Waals surface area contributed by atoms with E-state index < -0.39 is 0 Å². The number of rotatable bonds is 3. The highest BCUT2D eigenvalue weighted by Gasteiger charge is 2.19. The molecule has 1 aliphatic heterocycles. The van der Waals surface area contributed by atoms with Gasteiger partial charge in [-0.3, -0.25) is 0 Å². The van der Waals surface area contributed by atoms with Crippen LogP contribution in [0.3, 0.4) is 0 Å². The van der Waals surface area contributed by atoms with Gasteiger partial charge in [-0.2, -0.15) is 0 Å². The van der Waals surface area contributed by atoms with E-state index in [1.807, 2.05) is 30.5 Å². The number of aromatic nitrogens is 1. The van der Waals surface area contributed by atoms with Crippen molar-refractivity contribution in [3.63, 3.8) is 0 Å². The molecule has 2 heterocycles. The van der Waals surface area contributed by atoms with Crippen LogP contribution in [0.2, 0.25) is 0 Å². The highest BCUT2D eigenvalue weighted by atomic mass is 16.5. The van der Waals surface area contributed by atoms with Gasteiger partial charge in [0, 0.05) is 18.0 Å². The zero-order valence-corrected chi connectivity index (χ0v) is 11.1. The molecule has 0 saturated carbocycles. The molecule has 0 aliphatic carbocycles. The van der Waals surface area contributed by atoms with Gasteiger partial charge in [0.2, 0.25) is 5.89 Å². The topological polar surface area (TPSA) is 47.3 Å². The number of ether oxygens (including phenoxy) is 1. The minimum absolute atomic E-state index is 0.452. The molecule has 100 valence electrons. The van der Waals surface area contributed by atoms with E-state index in [0.717, 1.165) is 30.2 Å². The summed E-state index contributed by atoms with van der Waals surface area (Å²) in [6.45, 7) is 2.09. The number of nitrogens with one attached hydrogen (secondary N) is 1. The van der Waals surface area contributed by atoms with Crippen LogP contribution in [0.4, 0.5) is 0 Å². The van der Waals surface area contributed by atoms with Gasteiger partial charge in [-0.25, -0.2) is 4.98 Å². The van der Waals surface area contributed by atoms with Crippen molar-refractivity contribution in [2.24, 2.45) is 0 Å². The molecule has 1 saturated heterocycles. The minimum Gasteiger partial charge on any atom is -0.497 e. The smallest absolute Gasteiger partial charge is 0.226 e. The lowest BCUT2D eigenvalue weighted by atomic mass is 9.98. The SMILES string of the molecule is COc1ccc(-c2ncc(C3CCCNC3)o2)cc1. The molecule has 0 radical (unpaired) electrons. The van der Waals surface area contributed by atoms with E-state index in [1.165, 1.54) is 12.8 Å². The maximum absolute atomic E-state index is 5.89. The largest absolute Gasteiger partial charge is 0.497 e. The van der Waals surface area contributed by atoms with Crippen LogP contribution in [-0.4, -0.2) is 25.2 Å². The van der Waals surface area contributed by atoms with Gasteiger partial charge in [0.15, 0.2) is 0 Å². The van der Waals surface area contributed by atoms with Crippen LogP contribution >= 0.6 is 0 Å². The number of benzene rings is 1. The molecule has 4 nitrogen and oxygen atoms in total. The molecule has 0 spiro atoms. The second kappa shape index (κ2) is 5.45. The number of hydrogen-bond acceptors (Lipinski definition) is 4. The third kappa shape index (κ3) is 2.63. The van der Waals surface area contributed by atoms with Crippen molar-refractivity contribution in [2.75, 3.05) is 20.2 Å². The van der Waals surface area contributed by atoms with Crippen LogP contribution in [0.25, 0.3) is 11.5 Å². The Bertz CT molecular complexity index is 527. The van der Waals surface area contributed by atoms with Crippen LogP contribution in [0.15, 0.2) is 34.9 Å². The lowest BCUT2D eigenvalue weighted by molar-refractivity contribution is 0.392. The van der Waals surface area contributed by atoms with Crippen molar-refractivity contribution < 1.29 is 9.15 Å². The van der Waals surface area contributed by atoms with E-state index in [-0.39, 0.29) is 0 Å². The fourth-order valence-corrected chi connectivity index (χ4v) is 2.44. The molecule has 2 aromatic rings. The Balaban J connectivity index is 1.79. The number of nitrogens with zero attached hydrogens (tertiary/aromatic N) is 1. The van der Waals surface area contributed by atoms with Gasteiger partial charge < -0.3 is 14.5 Å². The van der Waals surface area contributed by atoms with Crippen LogP contribution in [0, 0.1) is 0 Å². The van der Waals surface area contributed by atoms with Gasteiger partial charge in [-0.15, -0.1) is 0 Å². The van der Waals surface area contributed by atoms with Crippen molar-refractivity contribution in [2.45, 2.75) is 18.8 Å². The predicted molar refractivity (Wildman–Crippen MR) is 73.3 cm³/mol. The third-order valence-electron chi connectivity index (χ3n) is 3.56. The van der Waals surface area contributed by atoms with Gasteiger partial charge in [0.25, 0.3) is 0 Å². The Morgan fingerprint density at radius 3 is 2.84 bits per heavy atom. The fraction of sp³-hybridized carbons (Fsp3) is 0.400. The maximum atomic E-state index is 5.89. The van der Waals surface area contributed by atoms with Crippen molar-refractivity contribution in [3.8, 4) is 17.2 Å². The molecular weight excluding hydrogens is 240 g/mol. The number of methoxy groups -OCH3 is 1. The molecule has 1 aromatic carbocycles. The minimum atomic E-state index is 0.452. The fourth-order valence-electron chi connectivity index (χ4n) is 2.44. The summed E-state index contributed by atoms with van der Waals surface area (Å²) >= 11 is 0. The van der Waals surface area contributed by atoms with Crippen LogP contribution < -0.4 is 10.1 Å². The van der Waals surface area contributed by atoms with E-state index >= 15 is 0 Å². The van der Waals surface area contributed by atoms with Crippen LogP contribution in [0.5, 0.6) is 5.75 Å². The van der Waals surface area contributed by atoms with Crippen molar-refractivity contribution in [1.29, 1.82) is 0 Å². The number of hydrogen-bond donors (Lipinski definition) is 1. The van der Waals surface area contributed by atoms with Crippen molar-refractivity contribution in [1.82, 2.24) is 10.3 Å². The molecule has 1 unspecified atom stereocenters. The Labute approximate surface area is 112 Å². The third-order valence-corrected chi connectivity index (χ3v) is 3.56. The second-order valence-corrected chi connectivity index (χ2v) is 4.84. The van der Waals surface area contributed by atoms with Gasteiger partial charge in [0.1, 0.15) is 11.5 Å². The molecule has 3 rings (SSSR count). The maximum Gasteiger partial charge on any atom is 0.226 e. The Morgan fingerprint density at radius 2 is 2.16 bits per heavy atom. The Hall–Kier alpha value is -1.81. The lowest BCUT2D eigenvalue weighted by Gasteiger charge is -2.20. The molecule has 1 aliphatic rings. The summed E-state index contributed by atoms with van der Waals surface area (Å²) in [5, 5.41) is 3.39. The summed E-state index contributed by atoms with van der Waals surface area (Å²) in [5.74, 6) is 2.96. The number of oxazole rings is 1. The van der Waals surface area contributed by atoms with Crippen LogP contribution in [0.1, 0.15) is 24.5 Å². The number of piperidine rings is 1. The molecule has 1 N–H and O–H groups in total. The highest BCUT2D eigenvalue weighted by molar-refractivity contribution is 5.54. The van der Waals surface area contributed by atoms with E-state index in [4.69, 9.17) is 9.15 Å². The van der Waals surface area contributed by atoms with Crippen LogP contribution in [-0.2, 0) is 0 Å². The van der Waals surface area contributed by atoms with E-state index in [2.05, 4.69) is 10.3 Å². The van der Waals surface area contributed by atoms with Crippen molar-refractivity contribution in [3.05, 3.63) is 36.2 Å². The average molecular weight is 258 g/mol. The standard InChI is InChI=1S/C15H18N2O2/c1-18-13-6-4-11(5-7-13)15-17-10-14(19-15)12-3-2-8-16-9-12/h4-7,10,12,16H,2-3,8-9H2,1H3. The molecular formula is C15H18N2O2.